The minimum atomic E-state index is -0.176. The minimum Gasteiger partial charge on any atom is -0.320 e. The first-order valence-corrected chi connectivity index (χ1v) is 7.03. The van der Waals surface area contributed by atoms with Crippen LogP contribution in [0.4, 0.5) is 5.69 Å². The third kappa shape index (κ3) is 3.02. The van der Waals surface area contributed by atoms with E-state index < -0.39 is 0 Å². The number of hydrogen-bond acceptors (Lipinski definition) is 2. The highest BCUT2D eigenvalue weighted by atomic mass is 35.5. The van der Waals surface area contributed by atoms with Crippen LogP contribution in [0.1, 0.15) is 41.0 Å². The molecule has 2 rings (SSSR count). The monoisotopic (exact) mass is 291 g/mol. The summed E-state index contributed by atoms with van der Waals surface area (Å²) in [5.74, 6) is -0.176. The fourth-order valence-corrected chi connectivity index (χ4v) is 2.25. The van der Waals surface area contributed by atoms with Crippen LogP contribution in [-0.4, -0.2) is 15.7 Å². The molecule has 0 fully saturated rings. The van der Waals surface area contributed by atoms with Crippen LogP contribution < -0.4 is 5.32 Å². The second-order valence-electron chi connectivity index (χ2n) is 4.66. The fourth-order valence-electron chi connectivity index (χ4n) is 2.06. The average molecular weight is 292 g/mol. The number of anilines is 1. The highest BCUT2D eigenvalue weighted by molar-refractivity contribution is 6.21. The van der Waals surface area contributed by atoms with E-state index in [2.05, 4.69) is 10.4 Å². The summed E-state index contributed by atoms with van der Waals surface area (Å²) in [7, 11) is 1.77. The summed E-state index contributed by atoms with van der Waals surface area (Å²) in [6.07, 6.45) is 0.802. The highest BCUT2D eigenvalue weighted by Gasteiger charge is 2.15. The van der Waals surface area contributed by atoms with E-state index in [0.717, 1.165) is 23.4 Å². The lowest BCUT2D eigenvalue weighted by atomic mass is 10.1. The predicted molar refractivity (Wildman–Crippen MR) is 81.2 cm³/mol. The van der Waals surface area contributed by atoms with Gasteiger partial charge < -0.3 is 5.32 Å². The van der Waals surface area contributed by atoms with Crippen molar-refractivity contribution >= 4 is 23.2 Å². The van der Waals surface area contributed by atoms with Crippen molar-refractivity contribution in [3.63, 3.8) is 0 Å². The van der Waals surface area contributed by atoms with Gasteiger partial charge in [0.15, 0.2) is 0 Å². The van der Waals surface area contributed by atoms with Gasteiger partial charge in [-0.3, -0.25) is 9.48 Å². The Morgan fingerprint density at radius 1 is 1.45 bits per heavy atom. The Bertz CT molecular complexity index is 619. The van der Waals surface area contributed by atoms with E-state index in [-0.39, 0.29) is 11.3 Å². The molecule has 4 nitrogen and oxygen atoms in total. The van der Waals surface area contributed by atoms with Crippen molar-refractivity contribution in [2.75, 3.05) is 5.32 Å². The summed E-state index contributed by atoms with van der Waals surface area (Å²) in [6.45, 7) is 3.89. The molecule has 0 saturated carbocycles. The number of benzene rings is 1. The van der Waals surface area contributed by atoms with Crippen molar-refractivity contribution in [2.24, 2.45) is 7.05 Å². The maximum Gasteiger partial charge on any atom is 0.273 e. The molecule has 1 aromatic heterocycles. The van der Waals surface area contributed by atoms with Crippen LogP contribution in [-0.2, 0) is 13.5 Å². The van der Waals surface area contributed by atoms with Crippen molar-refractivity contribution in [1.82, 2.24) is 9.78 Å². The smallest absolute Gasteiger partial charge is 0.273 e. The molecule has 5 heteroatoms. The van der Waals surface area contributed by atoms with Gasteiger partial charge in [-0.1, -0.05) is 25.1 Å². The highest BCUT2D eigenvalue weighted by Crippen LogP contribution is 2.27. The summed E-state index contributed by atoms with van der Waals surface area (Å²) in [5, 5.41) is 7.02. The van der Waals surface area contributed by atoms with Gasteiger partial charge in [0.2, 0.25) is 0 Å². The van der Waals surface area contributed by atoms with Gasteiger partial charge in [0.05, 0.1) is 11.1 Å². The molecule has 0 aliphatic heterocycles. The number of hydrogen-bond donors (Lipinski definition) is 1. The molecule has 0 bridgehead atoms. The lowest BCUT2D eigenvalue weighted by molar-refractivity contribution is 0.101. The number of aromatic nitrogens is 2. The van der Waals surface area contributed by atoms with Crippen LogP contribution in [0.25, 0.3) is 0 Å². The molecule has 1 amide bonds. The van der Waals surface area contributed by atoms with E-state index in [4.69, 9.17) is 11.6 Å². The van der Waals surface area contributed by atoms with Crippen molar-refractivity contribution in [3.05, 3.63) is 47.3 Å². The number of carbonyl (C=O) groups is 1. The Labute approximate surface area is 123 Å². The van der Waals surface area contributed by atoms with Crippen LogP contribution in [0.2, 0.25) is 0 Å². The number of aryl methyl sites for hydroxylation is 2. The van der Waals surface area contributed by atoms with E-state index >= 15 is 0 Å². The van der Waals surface area contributed by atoms with E-state index in [9.17, 15) is 4.79 Å². The van der Waals surface area contributed by atoms with Gasteiger partial charge in [-0.05, 0) is 31.0 Å². The first-order chi connectivity index (χ1) is 9.52. The largest absolute Gasteiger partial charge is 0.320 e. The quantitative estimate of drug-likeness (QED) is 0.876. The molecule has 1 heterocycles. The average Bonchev–Trinajstić information content (AvgIpc) is 2.80. The number of rotatable bonds is 4. The van der Waals surface area contributed by atoms with Crippen molar-refractivity contribution < 1.29 is 4.79 Å². The molecule has 1 N–H and O–H groups in total. The molecular formula is C15H18ClN3O. The molecule has 20 heavy (non-hydrogen) atoms. The van der Waals surface area contributed by atoms with Gasteiger partial charge in [-0.15, -0.1) is 11.6 Å². The Hall–Kier alpha value is -1.81. The van der Waals surface area contributed by atoms with Crippen LogP contribution in [0, 0.1) is 0 Å². The minimum absolute atomic E-state index is 0.163. The number of halogens is 1. The number of alkyl halides is 1. The number of para-hydroxylation sites is 1. The molecule has 0 aliphatic carbocycles. The van der Waals surface area contributed by atoms with E-state index in [0.29, 0.717) is 5.69 Å². The standard InChI is InChI=1S/C15H18ClN3O/c1-4-11-9-14(19(3)18-11)15(20)17-13-8-6-5-7-12(13)10(2)16/h5-10H,4H2,1-3H3,(H,17,20). The first-order valence-electron chi connectivity index (χ1n) is 6.60. The second-order valence-corrected chi connectivity index (χ2v) is 5.31. The molecule has 0 spiro atoms. The zero-order valence-corrected chi connectivity index (χ0v) is 12.6. The van der Waals surface area contributed by atoms with Gasteiger partial charge in [0.1, 0.15) is 5.69 Å². The van der Waals surface area contributed by atoms with E-state index in [1.807, 2.05) is 44.2 Å². The summed E-state index contributed by atoms with van der Waals surface area (Å²) in [6, 6.07) is 9.35. The molecule has 106 valence electrons. The molecular weight excluding hydrogens is 274 g/mol. The Balaban J connectivity index is 2.25. The van der Waals surface area contributed by atoms with Crippen LogP contribution in [0.15, 0.2) is 30.3 Å². The summed E-state index contributed by atoms with van der Waals surface area (Å²) < 4.78 is 1.60. The SMILES string of the molecule is CCc1cc(C(=O)Nc2ccccc2C(C)Cl)n(C)n1. The normalized spacial score (nSPS) is 12.2. The Morgan fingerprint density at radius 3 is 2.75 bits per heavy atom. The predicted octanol–water partition coefficient (Wildman–Crippen LogP) is 3.53. The van der Waals surface area contributed by atoms with Crippen molar-refractivity contribution in [1.29, 1.82) is 0 Å². The Kier molecular flexibility index (Phi) is 4.45. The molecule has 0 radical (unpaired) electrons. The van der Waals surface area contributed by atoms with Gasteiger partial charge >= 0.3 is 0 Å². The second kappa shape index (κ2) is 6.09. The topological polar surface area (TPSA) is 46.9 Å². The zero-order valence-electron chi connectivity index (χ0n) is 11.9. The number of amides is 1. The molecule has 1 aromatic carbocycles. The fraction of sp³-hybridized carbons (Fsp3) is 0.333. The summed E-state index contributed by atoms with van der Waals surface area (Å²) in [5.41, 5.74) is 3.08. The number of carbonyl (C=O) groups excluding carboxylic acids is 1. The maximum absolute atomic E-state index is 12.3. The lowest BCUT2D eigenvalue weighted by Crippen LogP contribution is -2.17. The first kappa shape index (κ1) is 14.6. The third-order valence-corrected chi connectivity index (χ3v) is 3.40. The van der Waals surface area contributed by atoms with E-state index in [1.165, 1.54) is 0 Å². The summed E-state index contributed by atoms with van der Waals surface area (Å²) >= 11 is 6.13. The summed E-state index contributed by atoms with van der Waals surface area (Å²) in [4.78, 5) is 12.3. The lowest BCUT2D eigenvalue weighted by Gasteiger charge is -2.12. The number of nitrogens with one attached hydrogen (secondary N) is 1. The third-order valence-electron chi connectivity index (χ3n) is 3.16. The molecule has 2 aromatic rings. The Morgan fingerprint density at radius 2 is 2.15 bits per heavy atom. The van der Waals surface area contributed by atoms with Crippen LogP contribution in [0.5, 0.6) is 0 Å². The zero-order chi connectivity index (χ0) is 14.7. The van der Waals surface area contributed by atoms with Gasteiger partial charge in [0.25, 0.3) is 5.91 Å². The molecule has 1 unspecified atom stereocenters. The van der Waals surface area contributed by atoms with Crippen molar-refractivity contribution in [3.8, 4) is 0 Å². The maximum atomic E-state index is 12.3. The molecule has 0 saturated heterocycles. The number of nitrogens with zero attached hydrogens (tertiary/aromatic N) is 2. The molecule has 0 aliphatic rings. The van der Waals surface area contributed by atoms with E-state index in [1.54, 1.807) is 11.7 Å². The van der Waals surface area contributed by atoms with Crippen LogP contribution in [0.3, 0.4) is 0 Å². The molecule has 1 atom stereocenters. The van der Waals surface area contributed by atoms with Gasteiger partial charge in [-0.2, -0.15) is 5.10 Å². The van der Waals surface area contributed by atoms with Gasteiger partial charge in [-0.25, -0.2) is 0 Å². The van der Waals surface area contributed by atoms with Gasteiger partial charge in [0, 0.05) is 12.7 Å². The van der Waals surface area contributed by atoms with Crippen molar-refractivity contribution in [2.45, 2.75) is 25.6 Å². The van der Waals surface area contributed by atoms with Crippen LogP contribution >= 0.6 is 11.6 Å².